The van der Waals surface area contributed by atoms with E-state index in [0.717, 1.165) is 4.57 Å². The van der Waals surface area contributed by atoms with Gasteiger partial charge in [-0.2, -0.15) is 13.2 Å². The minimum absolute atomic E-state index is 0.132. The molecule has 0 aromatic carbocycles. The number of rotatable bonds is 2. The molecule has 0 spiro atoms. The molecule has 3 N–H and O–H groups in total. The Hall–Kier alpha value is -2.43. The highest BCUT2D eigenvalue weighted by Crippen LogP contribution is 2.30. The summed E-state index contributed by atoms with van der Waals surface area (Å²) in [5.41, 5.74) is 2.39. The van der Waals surface area contributed by atoms with Gasteiger partial charge in [-0.05, 0) is 0 Å². The molecular weight excluding hydrogens is 289 g/mol. The Morgan fingerprint density at radius 3 is 2.71 bits per heavy atom. The second-order valence-corrected chi connectivity index (χ2v) is 4.42. The van der Waals surface area contributed by atoms with Crippen molar-refractivity contribution < 1.29 is 13.2 Å². The zero-order valence-electron chi connectivity index (χ0n) is 10.7. The van der Waals surface area contributed by atoms with Crippen LogP contribution in [0.4, 0.5) is 24.8 Å². The van der Waals surface area contributed by atoms with Crippen LogP contribution in [0.25, 0.3) is 0 Å². The lowest BCUT2D eigenvalue weighted by Gasteiger charge is -2.28. The molecule has 11 heteroatoms. The molecule has 21 heavy (non-hydrogen) atoms. The number of fused-ring (bicyclic) bond motifs is 1. The number of alkyl halides is 3. The minimum Gasteiger partial charge on any atom is -0.347 e. The molecule has 2 aromatic rings. The SMILES string of the molecule is NNc1cc(N2CCn3c(nnc3C(F)(F)F)C2)ncn1. The van der Waals surface area contributed by atoms with Crippen LogP contribution >= 0.6 is 0 Å². The van der Waals surface area contributed by atoms with Gasteiger partial charge in [0.25, 0.3) is 0 Å². The summed E-state index contributed by atoms with van der Waals surface area (Å²) in [5, 5.41) is 6.84. The fraction of sp³-hybridized carbons (Fsp3) is 0.400. The van der Waals surface area contributed by atoms with Crippen molar-refractivity contribution in [3.05, 3.63) is 24.0 Å². The largest absolute Gasteiger partial charge is 0.451 e. The van der Waals surface area contributed by atoms with Crippen molar-refractivity contribution in [3.63, 3.8) is 0 Å². The number of nitrogen functional groups attached to an aromatic ring is 1. The molecule has 0 atom stereocenters. The van der Waals surface area contributed by atoms with Crippen molar-refractivity contribution in [2.45, 2.75) is 19.3 Å². The van der Waals surface area contributed by atoms with Gasteiger partial charge in [-0.15, -0.1) is 10.2 Å². The monoisotopic (exact) mass is 300 g/mol. The Labute approximate surface area is 116 Å². The van der Waals surface area contributed by atoms with Gasteiger partial charge in [-0.1, -0.05) is 0 Å². The molecule has 0 aliphatic carbocycles. The molecule has 0 bridgehead atoms. The first-order valence-corrected chi connectivity index (χ1v) is 6.02. The summed E-state index contributed by atoms with van der Waals surface area (Å²) in [4.78, 5) is 9.74. The van der Waals surface area contributed by atoms with Gasteiger partial charge < -0.3 is 14.9 Å². The number of hydrogen-bond donors (Lipinski definition) is 2. The first-order valence-electron chi connectivity index (χ1n) is 6.02. The van der Waals surface area contributed by atoms with Crippen LogP contribution in [0, 0.1) is 0 Å². The molecule has 112 valence electrons. The summed E-state index contributed by atoms with van der Waals surface area (Å²) in [5.74, 6) is 5.52. The number of aromatic nitrogens is 5. The summed E-state index contributed by atoms with van der Waals surface area (Å²) < 4.78 is 39.3. The summed E-state index contributed by atoms with van der Waals surface area (Å²) in [7, 11) is 0. The van der Waals surface area contributed by atoms with Crippen LogP contribution in [-0.2, 0) is 19.3 Å². The Morgan fingerprint density at radius 2 is 2.00 bits per heavy atom. The Bertz CT molecular complexity index is 652. The van der Waals surface area contributed by atoms with Crippen LogP contribution in [0.15, 0.2) is 12.4 Å². The van der Waals surface area contributed by atoms with Crippen molar-refractivity contribution in [2.75, 3.05) is 16.9 Å². The molecule has 3 heterocycles. The predicted molar refractivity (Wildman–Crippen MR) is 65.9 cm³/mol. The molecule has 0 saturated heterocycles. The Balaban J connectivity index is 1.86. The van der Waals surface area contributed by atoms with Gasteiger partial charge >= 0.3 is 6.18 Å². The molecule has 0 unspecified atom stereocenters. The number of nitrogens with zero attached hydrogens (tertiary/aromatic N) is 6. The molecule has 3 rings (SSSR count). The fourth-order valence-electron chi connectivity index (χ4n) is 2.16. The van der Waals surface area contributed by atoms with Gasteiger partial charge in [-0.3, -0.25) is 0 Å². The quantitative estimate of drug-likeness (QED) is 0.611. The normalized spacial score (nSPS) is 15.0. The maximum absolute atomic E-state index is 12.7. The standard InChI is InChI=1S/C10H11F3N8/c11-10(12,13)9-19-18-8-4-20(1-2-21(8)9)7-3-6(17-14)15-5-16-7/h3,5H,1-2,4,14H2,(H,15,16,17). The van der Waals surface area contributed by atoms with Crippen LogP contribution in [0.5, 0.6) is 0 Å². The highest BCUT2D eigenvalue weighted by Gasteiger charge is 2.39. The van der Waals surface area contributed by atoms with Crippen LogP contribution < -0.4 is 16.2 Å². The van der Waals surface area contributed by atoms with Crippen molar-refractivity contribution >= 4 is 11.6 Å². The topological polar surface area (TPSA) is 97.8 Å². The fourth-order valence-corrected chi connectivity index (χ4v) is 2.16. The zero-order chi connectivity index (χ0) is 15.0. The first-order chi connectivity index (χ1) is 9.99. The predicted octanol–water partition coefficient (Wildman–Crippen LogP) is 0.393. The van der Waals surface area contributed by atoms with E-state index in [1.807, 2.05) is 0 Å². The lowest BCUT2D eigenvalue weighted by atomic mass is 10.3. The highest BCUT2D eigenvalue weighted by atomic mass is 19.4. The van der Waals surface area contributed by atoms with Crippen molar-refractivity contribution in [3.8, 4) is 0 Å². The van der Waals surface area contributed by atoms with E-state index >= 15 is 0 Å². The first kappa shape index (κ1) is 13.5. The second kappa shape index (κ2) is 4.84. The van der Waals surface area contributed by atoms with E-state index < -0.39 is 12.0 Å². The molecule has 1 aliphatic heterocycles. The number of hydrogen-bond acceptors (Lipinski definition) is 7. The third-order valence-corrected chi connectivity index (χ3v) is 3.13. The number of hydrazine groups is 1. The van der Waals surface area contributed by atoms with Crippen LogP contribution in [0.3, 0.4) is 0 Å². The van der Waals surface area contributed by atoms with Crippen LogP contribution in [0.1, 0.15) is 11.6 Å². The van der Waals surface area contributed by atoms with Crippen LogP contribution in [0.2, 0.25) is 0 Å². The molecule has 0 radical (unpaired) electrons. The number of nitrogens with one attached hydrogen (secondary N) is 1. The Kier molecular flexibility index (Phi) is 3.12. The van der Waals surface area contributed by atoms with Crippen LogP contribution in [-0.4, -0.2) is 31.3 Å². The van der Waals surface area contributed by atoms with Crippen molar-refractivity contribution in [1.82, 2.24) is 24.7 Å². The van der Waals surface area contributed by atoms with Crippen molar-refractivity contribution in [1.29, 1.82) is 0 Å². The summed E-state index contributed by atoms with van der Waals surface area (Å²) >= 11 is 0. The zero-order valence-corrected chi connectivity index (χ0v) is 10.7. The van der Waals surface area contributed by atoms with E-state index in [2.05, 4.69) is 25.6 Å². The summed E-state index contributed by atoms with van der Waals surface area (Å²) in [6, 6.07) is 1.61. The van der Waals surface area contributed by atoms with Gasteiger partial charge in [-0.25, -0.2) is 15.8 Å². The number of halogens is 3. The van der Waals surface area contributed by atoms with Gasteiger partial charge in [0.05, 0.1) is 6.54 Å². The molecule has 1 aliphatic rings. The van der Waals surface area contributed by atoms with E-state index in [9.17, 15) is 13.2 Å². The molecule has 8 nitrogen and oxygen atoms in total. The smallest absolute Gasteiger partial charge is 0.347 e. The summed E-state index contributed by atoms with van der Waals surface area (Å²) in [6.07, 6.45) is -3.18. The minimum atomic E-state index is -4.50. The molecule has 0 amide bonds. The average molecular weight is 300 g/mol. The summed E-state index contributed by atoms with van der Waals surface area (Å²) in [6.45, 7) is 0.672. The van der Waals surface area contributed by atoms with Gasteiger partial charge in [0.15, 0.2) is 5.82 Å². The lowest BCUT2D eigenvalue weighted by Crippen LogP contribution is -2.35. The van der Waals surface area contributed by atoms with Gasteiger partial charge in [0.2, 0.25) is 5.82 Å². The van der Waals surface area contributed by atoms with Gasteiger partial charge in [0, 0.05) is 19.2 Å². The average Bonchev–Trinajstić information content (AvgIpc) is 2.90. The van der Waals surface area contributed by atoms with Crippen molar-refractivity contribution in [2.24, 2.45) is 5.84 Å². The van der Waals surface area contributed by atoms with E-state index in [1.54, 1.807) is 11.0 Å². The molecule has 2 aromatic heterocycles. The van der Waals surface area contributed by atoms with E-state index in [-0.39, 0.29) is 18.9 Å². The molecule has 0 fully saturated rings. The van der Waals surface area contributed by atoms with E-state index in [0.29, 0.717) is 18.2 Å². The Morgan fingerprint density at radius 1 is 1.19 bits per heavy atom. The molecule has 0 saturated carbocycles. The van der Waals surface area contributed by atoms with E-state index in [4.69, 9.17) is 5.84 Å². The number of anilines is 2. The maximum Gasteiger partial charge on any atom is 0.451 e. The third-order valence-electron chi connectivity index (χ3n) is 3.13. The number of nitrogens with two attached hydrogens (primary N) is 1. The van der Waals surface area contributed by atoms with Gasteiger partial charge in [0.1, 0.15) is 18.0 Å². The van der Waals surface area contributed by atoms with E-state index in [1.165, 1.54) is 6.33 Å². The lowest BCUT2D eigenvalue weighted by molar-refractivity contribution is -0.147. The highest BCUT2D eigenvalue weighted by molar-refractivity contribution is 5.48. The molecular formula is C10H11F3N8. The second-order valence-electron chi connectivity index (χ2n) is 4.42. The maximum atomic E-state index is 12.7. The third kappa shape index (κ3) is 2.46.